The average Bonchev–Trinajstić information content (AvgIpc) is 2.82. The highest BCUT2D eigenvalue weighted by molar-refractivity contribution is 5.03. The maximum atomic E-state index is 5.76. The number of hydrazine groups is 1. The van der Waals surface area contributed by atoms with Gasteiger partial charge in [0.2, 0.25) is 0 Å². The van der Waals surface area contributed by atoms with E-state index in [-0.39, 0.29) is 11.6 Å². The number of nitrogens with two attached hydrogens (primary N) is 1. The van der Waals surface area contributed by atoms with E-state index in [9.17, 15) is 0 Å². The van der Waals surface area contributed by atoms with Gasteiger partial charge in [-0.15, -0.1) is 5.10 Å². The number of morpholine rings is 1. The Hall–Kier alpha value is -1.02. The molecule has 0 aromatic carbocycles. The van der Waals surface area contributed by atoms with E-state index in [4.69, 9.17) is 10.6 Å². The molecule has 19 heavy (non-hydrogen) atoms. The average molecular weight is 268 g/mol. The topological polar surface area (TPSA) is 81.2 Å². The lowest BCUT2D eigenvalue weighted by atomic mass is 9.89. The highest BCUT2D eigenvalue weighted by Gasteiger charge is 2.36. The standard InChI is InChI=1S/C12H24N6O/c1-12(2,18-4-6-19-7-5-18)11(14-13)8-10-9-17(3)16-15-10/h9,11,14H,4-8,13H2,1-3H3. The van der Waals surface area contributed by atoms with E-state index >= 15 is 0 Å². The molecule has 0 bridgehead atoms. The fourth-order valence-corrected chi connectivity index (χ4v) is 2.57. The maximum absolute atomic E-state index is 5.76. The molecule has 1 atom stereocenters. The second kappa shape index (κ2) is 5.96. The normalized spacial score (nSPS) is 19.6. The fraction of sp³-hybridized carbons (Fsp3) is 0.833. The summed E-state index contributed by atoms with van der Waals surface area (Å²) in [6.45, 7) is 7.85. The smallest absolute Gasteiger partial charge is 0.0843 e. The van der Waals surface area contributed by atoms with Crippen molar-refractivity contribution >= 4 is 0 Å². The molecule has 0 radical (unpaired) electrons. The zero-order valence-corrected chi connectivity index (χ0v) is 12.0. The Morgan fingerprint density at radius 3 is 2.68 bits per heavy atom. The molecule has 1 fully saturated rings. The van der Waals surface area contributed by atoms with Crippen molar-refractivity contribution in [1.29, 1.82) is 0 Å². The van der Waals surface area contributed by atoms with E-state index in [2.05, 4.69) is 34.5 Å². The number of aromatic nitrogens is 3. The Kier molecular flexibility index (Phi) is 4.51. The van der Waals surface area contributed by atoms with Crippen molar-refractivity contribution in [3.8, 4) is 0 Å². The molecule has 2 rings (SSSR count). The van der Waals surface area contributed by atoms with E-state index in [1.165, 1.54) is 0 Å². The van der Waals surface area contributed by atoms with E-state index in [0.717, 1.165) is 38.4 Å². The molecule has 1 saturated heterocycles. The zero-order valence-electron chi connectivity index (χ0n) is 12.0. The second-order valence-corrected chi connectivity index (χ2v) is 5.56. The summed E-state index contributed by atoms with van der Waals surface area (Å²) in [6, 6.07) is 0.113. The monoisotopic (exact) mass is 268 g/mol. The van der Waals surface area contributed by atoms with Gasteiger partial charge >= 0.3 is 0 Å². The summed E-state index contributed by atoms with van der Waals surface area (Å²) in [5.74, 6) is 5.76. The van der Waals surface area contributed by atoms with Crippen molar-refractivity contribution in [3.05, 3.63) is 11.9 Å². The molecule has 0 aliphatic carbocycles. The van der Waals surface area contributed by atoms with Gasteiger partial charge < -0.3 is 4.74 Å². The lowest BCUT2D eigenvalue weighted by Gasteiger charge is -2.45. The Morgan fingerprint density at radius 1 is 1.47 bits per heavy atom. The molecule has 7 heteroatoms. The van der Waals surface area contributed by atoms with Crippen LogP contribution < -0.4 is 11.3 Å². The van der Waals surface area contributed by atoms with Gasteiger partial charge in [-0.2, -0.15) is 0 Å². The first-order chi connectivity index (χ1) is 9.04. The van der Waals surface area contributed by atoms with Gasteiger partial charge in [0.05, 0.1) is 18.9 Å². The number of ether oxygens (including phenoxy) is 1. The summed E-state index contributed by atoms with van der Waals surface area (Å²) < 4.78 is 7.12. The van der Waals surface area contributed by atoms with Crippen molar-refractivity contribution in [3.63, 3.8) is 0 Å². The van der Waals surface area contributed by atoms with Crippen LogP contribution in [0.15, 0.2) is 6.20 Å². The predicted octanol–water partition coefficient (Wildman–Crippen LogP) is -0.700. The van der Waals surface area contributed by atoms with Crippen LogP contribution in [0.2, 0.25) is 0 Å². The lowest BCUT2D eigenvalue weighted by molar-refractivity contribution is -0.0234. The molecule has 2 heterocycles. The summed E-state index contributed by atoms with van der Waals surface area (Å²) in [4.78, 5) is 2.41. The largest absolute Gasteiger partial charge is 0.379 e. The zero-order chi connectivity index (χ0) is 13.9. The van der Waals surface area contributed by atoms with Crippen LogP contribution in [0.1, 0.15) is 19.5 Å². The van der Waals surface area contributed by atoms with E-state index in [1.54, 1.807) is 4.68 Å². The number of aryl methyl sites for hydroxylation is 1. The lowest BCUT2D eigenvalue weighted by Crippen LogP contribution is -2.62. The third-order valence-electron chi connectivity index (χ3n) is 3.94. The molecule has 0 amide bonds. The Balaban J connectivity index is 2.06. The maximum Gasteiger partial charge on any atom is 0.0843 e. The summed E-state index contributed by atoms with van der Waals surface area (Å²) in [6.07, 6.45) is 2.69. The van der Waals surface area contributed by atoms with Gasteiger partial charge in [-0.05, 0) is 13.8 Å². The third kappa shape index (κ3) is 3.30. The molecule has 1 aliphatic rings. The predicted molar refractivity (Wildman–Crippen MR) is 72.3 cm³/mol. The van der Waals surface area contributed by atoms with Crippen LogP contribution >= 0.6 is 0 Å². The van der Waals surface area contributed by atoms with Crippen molar-refractivity contribution in [2.24, 2.45) is 12.9 Å². The fourth-order valence-electron chi connectivity index (χ4n) is 2.57. The van der Waals surface area contributed by atoms with Gasteiger partial charge in [-0.3, -0.25) is 20.9 Å². The highest BCUT2D eigenvalue weighted by Crippen LogP contribution is 2.22. The number of rotatable bonds is 5. The number of nitrogens with zero attached hydrogens (tertiary/aromatic N) is 4. The van der Waals surface area contributed by atoms with Gasteiger partial charge in [0.1, 0.15) is 0 Å². The third-order valence-corrected chi connectivity index (χ3v) is 3.94. The van der Waals surface area contributed by atoms with E-state index in [1.807, 2.05) is 13.2 Å². The molecular weight excluding hydrogens is 244 g/mol. The van der Waals surface area contributed by atoms with Crippen molar-refractivity contribution in [2.75, 3.05) is 26.3 Å². The van der Waals surface area contributed by atoms with Crippen LogP contribution in [0.4, 0.5) is 0 Å². The number of nitrogens with one attached hydrogen (secondary N) is 1. The molecule has 1 aliphatic heterocycles. The minimum absolute atomic E-state index is 0.0595. The van der Waals surface area contributed by atoms with Crippen LogP contribution in [0.3, 0.4) is 0 Å². The first kappa shape index (κ1) is 14.4. The molecule has 3 N–H and O–H groups in total. The number of hydrogen-bond acceptors (Lipinski definition) is 6. The van der Waals surface area contributed by atoms with Crippen LogP contribution in [0.25, 0.3) is 0 Å². The van der Waals surface area contributed by atoms with Crippen LogP contribution in [0.5, 0.6) is 0 Å². The van der Waals surface area contributed by atoms with Crippen LogP contribution in [-0.4, -0.2) is 57.8 Å². The molecule has 1 unspecified atom stereocenters. The molecule has 1 aromatic heterocycles. The summed E-state index contributed by atoms with van der Waals surface area (Å²) in [5.41, 5.74) is 3.83. The van der Waals surface area contributed by atoms with E-state index in [0.29, 0.717) is 0 Å². The first-order valence-electron chi connectivity index (χ1n) is 6.68. The quantitative estimate of drug-likeness (QED) is 0.543. The second-order valence-electron chi connectivity index (χ2n) is 5.56. The van der Waals surface area contributed by atoms with Crippen LogP contribution in [0, 0.1) is 0 Å². The molecule has 1 aromatic rings. The van der Waals surface area contributed by atoms with Gasteiger partial charge in [0.15, 0.2) is 0 Å². The SMILES string of the molecule is Cn1cc(CC(NN)C(C)(C)N2CCOCC2)nn1. The minimum atomic E-state index is -0.0595. The summed E-state index contributed by atoms with van der Waals surface area (Å²) in [7, 11) is 1.87. The summed E-state index contributed by atoms with van der Waals surface area (Å²) in [5, 5.41) is 8.10. The molecule has 7 nitrogen and oxygen atoms in total. The summed E-state index contributed by atoms with van der Waals surface area (Å²) >= 11 is 0. The van der Waals surface area contributed by atoms with Gasteiger partial charge in [-0.25, -0.2) is 0 Å². The van der Waals surface area contributed by atoms with Crippen LogP contribution in [-0.2, 0) is 18.2 Å². The van der Waals surface area contributed by atoms with Crippen molar-refractivity contribution in [2.45, 2.75) is 31.8 Å². The number of hydrogen-bond donors (Lipinski definition) is 2. The van der Waals surface area contributed by atoms with Crippen molar-refractivity contribution < 1.29 is 4.74 Å². The highest BCUT2D eigenvalue weighted by atomic mass is 16.5. The molecule has 0 spiro atoms. The van der Waals surface area contributed by atoms with Gasteiger partial charge in [-0.1, -0.05) is 5.21 Å². The minimum Gasteiger partial charge on any atom is -0.379 e. The molecular formula is C12H24N6O. The Bertz CT molecular complexity index is 399. The Labute approximate surface area is 114 Å². The van der Waals surface area contributed by atoms with E-state index < -0.39 is 0 Å². The van der Waals surface area contributed by atoms with Crippen molar-refractivity contribution in [1.82, 2.24) is 25.3 Å². The molecule has 0 saturated carbocycles. The van der Waals surface area contributed by atoms with Gasteiger partial charge in [0.25, 0.3) is 0 Å². The Morgan fingerprint density at radius 2 is 2.16 bits per heavy atom. The molecule has 108 valence electrons. The first-order valence-corrected chi connectivity index (χ1v) is 6.68. The van der Waals surface area contributed by atoms with Gasteiger partial charge in [0, 0.05) is 44.3 Å².